The van der Waals surface area contributed by atoms with E-state index in [4.69, 9.17) is 0 Å². The first-order chi connectivity index (χ1) is 12.1. The Hall–Kier alpha value is -1.66. The van der Waals surface area contributed by atoms with Gasteiger partial charge in [0.1, 0.15) is 5.82 Å². The van der Waals surface area contributed by atoms with Gasteiger partial charge in [-0.25, -0.2) is 9.18 Å². The lowest BCUT2D eigenvalue weighted by molar-refractivity contribution is 0.130. The van der Waals surface area contributed by atoms with Gasteiger partial charge in [0.15, 0.2) is 0 Å². The van der Waals surface area contributed by atoms with Crippen LogP contribution < -0.4 is 5.32 Å². The first kappa shape index (κ1) is 18.1. The minimum atomic E-state index is -0.251. The van der Waals surface area contributed by atoms with Crippen LogP contribution in [0.15, 0.2) is 18.2 Å². The van der Waals surface area contributed by atoms with Gasteiger partial charge in [0.05, 0.1) is 6.04 Å². The molecule has 1 aromatic carbocycles. The molecule has 0 aromatic heterocycles. The molecule has 2 amide bonds. The summed E-state index contributed by atoms with van der Waals surface area (Å²) in [6.45, 7) is 6.30. The fourth-order valence-corrected chi connectivity index (χ4v) is 3.88. The van der Waals surface area contributed by atoms with Gasteiger partial charge in [-0.2, -0.15) is 0 Å². The molecule has 2 aliphatic rings. The zero-order valence-corrected chi connectivity index (χ0v) is 14.9. The number of likely N-dealkylation sites (tertiary alicyclic amines) is 1. The van der Waals surface area contributed by atoms with E-state index in [2.05, 4.69) is 10.2 Å². The molecule has 0 spiro atoms. The zero-order chi connectivity index (χ0) is 17.8. The quantitative estimate of drug-likeness (QED) is 0.876. The molecule has 2 heterocycles. The van der Waals surface area contributed by atoms with Gasteiger partial charge in [-0.1, -0.05) is 6.07 Å². The number of benzene rings is 1. The summed E-state index contributed by atoms with van der Waals surface area (Å²) in [7, 11) is 0. The summed E-state index contributed by atoms with van der Waals surface area (Å²) < 4.78 is 13.5. The lowest BCUT2D eigenvalue weighted by Gasteiger charge is -2.36. The molecule has 1 saturated heterocycles. The van der Waals surface area contributed by atoms with Crippen molar-refractivity contribution in [1.82, 2.24) is 15.1 Å². The molecule has 1 atom stereocenters. The first-order valence-corrected chi connectivity index (χ1v) is 9.24. The number of hydrogen-bond donors (Lipinski definition) is 2. The Morgan fingerprint density at radius 2 is 2.08 bits per heavy atom. The first-order valence-electron chi connectivity index (χ1n) is 9.24. The maximum atomic E-state index is 13.5. The number of hydrogen-bond acceptors (Lipinski definition) is 3. The van der Waals surface area contributed by atoms with Gasteiger partial charge in [-0.05, 0) is 68.5 Å². The molecule has 3 rings (SSSR count). The van der Waals surface area contributed by atoms with Crippen molar-refractivity contribution in [2.75, 3.05) is 39.3 Å². The number of carbonyl (C=O) groups excluding carboxylic acids is 1. The predicted molar refractivity (Wildman–Crippen MR) is 94.9 cm³/mol. The lowest BCUT2D eigenvalue weighted by atomic mass is 9.94. The second kappa shape index (κ2) is 8.15. The topological polar surface area (TPSA) is 55.8 Å². The summed E-state index contributed by atoms with van der Waals surface area (Å²) >= 11 is 0. The molecular weight excluding hydrogens is 321 g/mol. The van der Waals surface area contributed by atoms with Gasteiger partial charge >= 0.3 is 6.03 Å². The fourth-order valence-electron chi connectivity index (χ4n) is 3.88. The molecule has 1 aromatic rings. The summed E-state index contributed by atoms with van der Waals surface area (Å²) in [5, 5.41) is 12.2. The Bertz CT molecular complexity index is 602. The van der Waals surface area contributed by atoms with E-state index in [0.717, 1.165) is 50.0 Å². The molecule has 5 nitrogen and oxygen atoms in total. The van der Waals surface area contributed by atoms with Crippen molar-refractivity contribution in [1.29, 1.82) is 0 Å². The molecule has 138 valence electrons. The smallest absolute Gasteiger partial charge is 0.317 e. The highest BCUT2D eigenvalue weighted by atomic mass is 19.1. The highest BCUT2D eigenvalue weighted by molar-refractivity contribution is 5.75. The van der Waals surface area contributed by atoms with Crippen LogP contribution >= 0.6 is 0 Å². The fraction of sp³-hybridized carbons (Fsp3) is 0.632. The number of aliphatic hydroxyl groups is 1. The second-order valence-corrected chi connectivity index (χ2v) is 7.16. The summed E-state index contributed by atoms with van der Waals surface area (Å²) in [5.41, 5.74) is 2.04. The monoisotopic (exact) mass is 349 g/mol. The molecule has 0 aliphatic carbocycles. The van der Waals surface area contributed by atoms with Crippen LogP contribution in [0.25, 0.3) is 0 Å². The van der Waals surface area contributed by atoms with Crippen LogP contribution in [0, 0.1) is 11.7 Å². The number of carbonyl (C=O) groups is 1. The van der Waals surface area contributed by atoms with Crippen molar-refractivity contribution in [3.63, 3.8) is 0 Å². The maximum Gasteiger partial charge on any atom is 0.317 e. The number of aliphatic hydroxyl groups excluding tert-OH is 1. The van der Waals surface area contributed by atoms with Gasteiger partial charge in [0.25, 0.3) is 0 Å². The number of fused-ring (bicyclic) bond motifs is 1. The average molecular weight is 349 g/mol. The third-order valence-corrected chi connectivity index (χ3v) is 5.58. The van der Waals surface area contributed by atoms with Crippen LogP contribution in [0.2, 0.25) is 0 Å². The lowest BCUT2D eigenvalue weighted by Crippen LogP contribution is -2.47. The van der Waals surface area contributed by atoms with Gasteiger partial charge in [0.2, 0.25) is 0 Å². The number of amides is 2. The number of nitrogens with one attached hydrogen (secondary N) is 1. The van der Waals surface area contributed by atoms with Crippen molar-refractivity contribution >= 4 is 6.03 Å². The highest BCUT2D eigenvalue weighted by Crippen LogP contribution is 2.29. The van der Waals surface area contributed by atoms with Gasteiger partial charge in [-0.15, -0.1) is 0 Å². The van der Waals surface area contributed by atoms with Crippen LogP contribution in [0.5, 0.6) is 0 Å². The van der Waals surface area contributed by atoms with E-state index >= 15 is 0 Å². The molecule has 2 aliphatic heterocycles. The molecule has 0 bridgehead atoms. The highest BCUT2D eigenvalue weighted by Gasteiger charge is 2.28. The Morgan fingerprint density at radius 1 is 1.32 bits per heavy atom. The Balaban J connectivity index is 1.47. The van der Waals surface area contributed by atoms with Crippen LogP contribution in [0.1, 0.15) is 36.9 Å². The third-order valence-electron chi connectivity index (χ3n) is 5.58. The van der Waals surface area contributed by atoms with Crippen LogP contribution in [-0.2, 0) is 6.42 Å². The van der Waals surface area contributed by atoms with E-state index < -0.39 is 0 Å². The van der Waals surface area contributed by atoms with E-state index in [1.807, 2.05) is 13.0 Å². The van der Waals surface area contributed by atoms with Crippen LogP contribution in [-0.4, -0.2) is 60.3 Å². The predicted octanol–water partition coefficient (Wildman–Crippen LogP) is 2.16. The van der Waals surface area contributed by atoms with E-state index in [1.54, 1.807) is 11.0 Å². The third kappa shape index (κ3) is 4.30. The summed E-state index contributed by atoms with van der Waals surface area (Å²) in [5.74, 6) is 0.180. The number of urea groups is 1. The average Bonchev–Trinajstić information content (AvgIpc) is 2.63. The number of nitrogens with zero attached hydrogens (tertiary/aromatic N) is 2. The second-order valence-electron chi connectivity index (χ2n) is 7.16. The van der Waals surface area contributed by atoms with E-state index in [1.165, 1.54) is 6.07 Å². The Kier molecular flexibility index (Phi) is 5.91. The number of piperidine rings is 1. The molecule has 6 heteroatoms. The van der Waals surface area contributed by atoms with Gasteiger partial charge < -0.3 is 20.2 Å². The summed E-state index contributed by atoms with van der Waals surface area (Å²) in [6.07, 6.45) is 2.81. The van der Waals surface area contributed by atoms with Crippen molar-refractivity contribution in [3.05, 3.63) is 35.1 Å². The normalized spacial score (nSPS) is 21.9. The van der Waals surface area contributed by atoms with Gasteiger partial charge in [-0.3, -0.25) is 0 Å². The van der Waals surface area contributed by atoms with E-state index in [0.29, 0.717) is 19.0 Å². The molecule has 0 saturated carbocycles. The van der Waals surface area contributed by atoms with Crippen LogP contribution in [0.3, 0.4) is 0 Å². The van der Waals surface area contributed by atoms with Crippen molar-refractivity contribution in [3.8, 4) is 0 Å². The minimum absolute atomic E-state index is 0.0762. The maximum absolute atomic E-state index is 13.5. The van der Waals surface area contributed by atoms with E-state index in [-0.39, 0.29) is 24.5 Å². The molecule has 2 N–H and O–H groups in total. The molecule has 0 unspecified atom stereocenters. The molecular formula is C19H28FN3O2. The van der Waals surface area contributed by atoms with Gasteiger partial charge in [0, 0.05) is 26.2 Å². The van der Waals surface area contributed by atoms with Crippen LogP contribution in [0.4, 0.5) is 9.18 Å². The Morgan fingerprint density at radius 3 is 2.80 bits per heavy atom. The largest absolute Gasteiger partial charge is 0.396 e. The SMILES string of the molecule is C[C@H]1c2cc(F)ccc2CCN1C(=O)NCCN1CCC(CO)CC1. The standard InChI is InChI=1S/C19H28FN3O2/c1-14-18-12-17(20)3-2-16(18)6-10-23(14)19(25)21-7-11-22-8-4-15(13-24)5-9-22/h2-3,12,14-15,24H,4-11,13H2,1H3,(H,21,25)/t14-/m0/s1. The summed E-state index contributed by atoms with van der Waals surface area (Å²) in [4.78, 5) is 16.6. The van der Waals surface area contributed by atoms with Crippen molar-refractivity contribution in [2.24, 2.45) is 5.92 Å². The Labute approximate surface area is 148 Å². The molecule has 1 fully saturated rings. The zero-order valence-electron chi connectivity index (χ0n) is 14.9. The van der Waals surface area contributed by atoms with Crippen molar-refractivity contribution in [2.45, 2.75) is 32.2 Å². The van der Waals surface area contributed by atoms with Crippen molar-refractivity contribution < 1.29 is 14.3 Å². The molecule has 25 heavy (non-hydrogen) atoms. The molecule has 0 radical (unpaired) electrons. The minimum Gasteiger partial charge on any atom is -0.396 e. The summed E-state index contributed by atoms with van der Waals surface area (Å²) in [6, 6.07) is 4.67. The number of halogens is 1. The number of rotatable bonds is 4. The van der Waals surface area contributed by atoms with E-state index in [9.17, 15) is 14.3 Å².